The molecule has 2 rings (SSSR count). The number of benzene rings is 1. The third-order valence-corrected chi connectivity index (χ3v) is 4.46. The first-order chi connectivity index (χ1) is 11.9. The zero-order chi connectivity index (χ0) is 18.4. The summed E-state index contributed by atoms with van der Waals surface area (Å²) in [6.07, 6.45) is 0.978. The minimum Gasteiger partial charge on any atom is -0.494 e. The number of ether oxygens (including phenoxy) is 1. The third-order valence-electron chi connectivity index (χ3n) is 4.46. The minimum absolute atomic E-state index is 0.271. The maximum atomic E-state index is 14.1. The van der Waals surface area contributed by atoms with Crippen LogP contribution in [0.5, 0.6) is 5.75 Å². The Labute approximate surface area is 150 Å². The quantitative estimate of drug-likeness (QED) is 0.722. The highest BCUT2D eigenvalue weighted by atomic mass is 19.1. The Morgan fingerprint density at radius 2 is 1.92 bits per heavy atom. The fraction of sp³-hybridized carbons (Fsp3) is 0.476. The summed E-state index contributed by atoms with van der Waals surface area (Å²) in [6, 6.07) is 9.49. The Morgan fingerprint density at radius 1 is 1.16 bits per heavy atom. The second-order valence-electron chi connectivity index (χ2n) is 6.86. The van der Waals surface area contributed by atoms with Crippen LogP contribution >= 0.6 is 0 Å². The van der Waals surface area contributed by atoms with E-state index in [0.717, 1.165) is 29.0 Å². The molecule has 0 radical (unpaired) electrons. The van der Waals surface area contributed by atoms with Gasteiger partial charge in [-0.25, -0.2) is 9.37 Å². The van der Waals surface area contributed by atoms with Crippen molar-refractivity contribution >= 4 is 0 Å². The summed E-state index contributed by atoms with van der Waals surface area (Å²) in [5.41, 5.74) is 3.31. The Morgan fingerprint density at radius 3 is 2.56 bits per heavy atom. The van der Waals surface area contributed by atoms with Gasteiger partial charge in [-0.3, -0.25) is 0 Å². The van der Waals surface area contributed by atoms with Crippen molar-refractivity contribution in [2.75, 3.05) is 6.61 Å². The molecule has 3 nitrogen and oxygen atoms in total. The van der Waals surface area contributed by atoms with Crippen LogP contribution < -0.4 is 10.1 Å². The van der Waals surface area contributed by atoms with Crippen LogP contribution in [0.15, 0.2) is 30.3 Å². The van der Waals surface area contributed by atoms with Crippen LogP contribution in [-0.4, -0.2) is 17.6 Å². The summed E-state index contributed by atoms with van der Waals surface area (Å²) in [6.45, 7) is 11.6. The lowest BCUT2D eigenvalue weighted by atomic mass is 10.0. The van der Waals surface area contributed by atoms with Gasteiger partial charge in [-0.2, -0.15) is 0 Å². The van der Waals surface area contributed by atoms with Crippen molar-refractivity contribution in [1.82, 2.24) is 10.3 Å². The van der Waals surface area contributed by atoms with Crippen LogP contribution in [0.3, 0.4) is 0 Å². The lowest BCUT2D eigenvalue weighted by Crippen LogP contribution is -2.30. The molecule has 0 bridgehead atoms. The third kappa shape index (κ3) is 5.27. The summed E-state index contributed by atoms with van der Waals surface area (Å²) in [4.78, 5) is 4.55. The molecule has 2 aromatic rings. The molecule has 25 heavy (non-hydrogen) atoms. The largest absolute Gasteiger partial charge is 0.494 e. The van der Waals surface area contributed by atoms with Crippen molar-refractivity contribution in [3.63, 3.8) is 0 Å². The van der Waals surface area contributed by atoms with Crippen molar-refractivity contribution in [2.45, 2.75) is 53.6 Å². The van der Waals surface area contributed by atoms with Gasteiger partial charge in [-0.05, 0) is 62.1 Å². The molecule has 0 aliphatic heterocycles. The fourth-order valence-electron chi connectivity index (χ4n) is 2.48. The molecule has 0 aliphatic rings. The van der Waals surface area contributed by atoms with Crippen LogP contribution in [0.2, 0.25) is 0 Å². The highest BCUT2D eigenvalue weighted by Gasteiger charge is 2.12. The maximum absolute atomic E-state index is 14.1. The molecule has 1 aromatic heterocycles. The summed E-state index contributed by atoms with van der Waals surface area (Å²) in [5.74, 6) is 1.08. The lowest BCUT2D eigenvalue weighted by Gasteiger charge is -2.17. The van der Waals surface area contributed by atoms with E-state index in [4.69, 9.17) is 4.74 Å². The van der Waals surface area contributed by atoms with E-state index in [-0.39, 0.29) is 5.82 Å². The van der Waals surface area contributed by atoms with Gasteiger partial charge >= 0.3 is 0 Å². The molecule has 1 N–H and O–H groups in total. The molecule has 1 heterocycles. The number of aryl methyl sites for hydroxylation is 1. The molecule has 0 aliphatic carbocycles. The first kappa shape index (κ1) is 19.4. The standard InChI is InChI=1S/C21H29FN2O/c1-6-11-25-17-7-8-18(15(4)12-17)20-10-9-19(22)21(24-20)13-23-16(5)14(2)3/h7-10,12,14,16,23H,6,11,13H2,1-5H3/t16-/m1/s1. The van der Waals surface area contributed by atoms with Gasteiger partial charge in [0, 0.05) is 18.2 Å². The fourth-order valence-corrected chi connectivity index (χ4v) is 2.48. The number of halogens is 1. The number of nitrogens with zero attached hydrogens (tertiary/aromatic N) is 1. The zero-order valence-corrected chi connectivity index (χ0v) is 15.9. The first-order valence-corrected chi connectivity index (χ1v) is 9.05. The number of hydrogen-bond acceptors (Lipinski definition) is 3. The van der Waals surface area contributed by atoms with Crippen molar-refractivity contribution in [1.29, 1.82) is 0 Å². The van der Waals surface area contributed by atoms with Crippen molar-refractivity contribution in [2.24, 2.45) is 5.92 Å². The van der Waals surface area contributed by atoms with Gasteiger partial charge in [0.05, 0.1) is 18.0 Å². The van der Waals surface area contributed by atoms with E-state index in [1.165, 1.54) is 6.07 Å². The molecule has 0 saturated heterocycles. The Kier molecular flexibility index (Phi) is 6.94. The molecule has 0 spiro atoms. The molecule has 1 atom stereocenters. The van der Waals surface area contributed by atoms with E-state index in [0.29, 0.717) is 30.8 Å². The van der Waals surface area contributed by atoms with Crippen LogP contribution in [0.25, 0.3) is 11.3 Å². The van der Waals surface area contributed by atoms with E-state index < -0.39 is 0 Å². The Bertz CT molecular complexity index is 700. The monoisotopic (exact) mass is 344 g/mol. The predicted molar refractivity (Wildman–Crippen MR) is 101 cm³/mol. The molecule has 4 heteroatoms. The topological polar surface area (TPSA) is 34.1 Å². The highest BCUT2D eigenvalue weighted by Crippen LogP contribution is 2.26. The molecule has 0 saturated carbocycles. The van der Waals surface area contributed by atoms with Gasteiger partial charge < -0.3 is 10.1 Å². The van der Waals surface area contributed by atoms with Gasteiger partial charge in [0.15, 0.2) is 0 Å². The Hall–Kier alpha value is -1.94. The van der Waals surface area contributed by atoms with E-state index in [9.17, 15) is 4.39 Å². The number of nitrogens with one attached hydrogen (secondary N) is 1. The smallest absolute Gasteiger partial charge is 0.146 e. The summed E-state index contributed by atoms with van der Waals surface area (Å²) in [5, 5.41) is 3.34. The lowest BCUT2D eigenvalue weighted by molar-refractivity contribution is 0.317. The molecule has 0 unspecified atom stereocenters. The van der Waals surface area contributed by atoms with E-state index in [2.05, 4.69) is 38.0 Å². The van der Waals surface area contributed by atoms with E-state index >= 15 is 0 Å². The molecule has 0 amide bonds. The van der Waals surface area contributed by atoms with Crippen molar-refractivity contribution < 1.29 is 9.13 Å². The average molecular weight is 344 g/mol. The second kappa shape index (κ2) is 8.95. The summed E-state index contributed by atoms with van der Waals surface area (Å²) >= 11 is 0. The first-order valence-electron chi connectivity index (χ1n) is 9.05. The van der Waals surface area contributed by atoms with Gasteiger partial charge in [0.1, 0.15) is 11.6 Å². The molecular weight excluding hydrogens is 315 g/mol. The molecule has 1 aromatic carbocycles. The normalized spacial score (nSPS) is 12.4. The number of hydrogen-bond donors (Lipinski definition) is 1. The number of pyridine rings is 1. The van der Waals surface area contributed by atoms with Crippen molar-refractivity contribution in [3.05, 3.63) is 47.4 Å². The SMILES string of the molecule is CCCOc1ccc(-c2ccc(F)c(CN[C@H](C)C(C)C)n2)c(C)c1. The Balaban J connectivity index is 2.21. The highest BCUT2D eigenvalue weighted by molar-refractivity contribution is 5.64. The van der Waals surface area contributed by atoms with E-state index in [1.807, 2.05) is 25.1 Å². The van der Waals surface area contributed by atoms with E-state index in [1.54, 1.807) is 6.07 Å². The summed E-state index contributed by atoms with van der Waals surface area (Å²) in [7, 11) is 0. The van der Waals surface area contributed by atoms with Gasteiger partial charge in [-0.15, -0.1) is 0 Å². The number of rotatable bonds is 8. The van der Waals surface area contributed by atoms with Crippen LogP contribution in [0, 0.1) is 18.7 Å². The summed E-state index contributed by atoms with van der Waals surface area (Å²) < 4.78 is 19.8. The number of aromatic nitrogens is 1. The molecule has 0 fully saturated rings. The van der Waals surface area contributed by atoms with Gasteiger partial charge in [0.2, 0.25) is 0 Å². The predicted octanol–water partition coefficient (Wildman–Crippen LogP) is 5.12. The van der Waals surface area contributed by atoms with Crippen molar-refractivity contribution in [3.8, 4) is 17.0 Å². The molecule has 136 valence electrons. The maximum Gasteiger partial charge on any atom is 0.146 e. The van der Waals surface area contributed by atoms with Crippen LogP contribution in [0.1, 0.15) is 45.4 Å². The second-order valence-corrected chi connectivity index (χ2v) is 6.86. The van der Waals surface area contributed by atoms with Crippen LogP contribution in [0.4, 0.5) is 4.39 Å². The van der Waals surface area contributed by atoms with Gasteiger partial charge in [0.25, 0.3) is 0 Å². The zero-order valence-electron chi connectivity index (χ0n) is 15.9. The molecular formula is C21H29FN2O. The van der Waals surface area contributed by atoms with Crippen LogP contribution in [-0.2, 0) is 6.54 Å². The van der Waals surface area contributed by atoms with Gasteiger partial charge in [-0.1, -0.05) is 20.8 Å². The average Bonchev–Trinajstić information content (AvgIpc) is 2.59. The minimum atomic E-state index is -0.271.